The van der Waals surface area contributed by atoms with Gasteiger partial charge in [0.25, 0.3) is 12.9 Å². The Morgan fingerprint density at radius 1 is 1.17 bits per heavy atom. The van der Waals surface area contributed by atoms with Gasteiger partial charge in [-0.2, -0.15) is 5.10 Å². The number of aromatic nitrogens is 2. The van der Waals surface area contributed by atoms with Gasteiger partial charge in [-0.3, -0.25) is 10.1 Å². The molecule has 0 atom stereocenters. The molecule has 0 aromatic carbocycles. The van der Waals surface area contributed by atoms with Crippen LogP contribution < -0.4 is 5.32 Å². The highest BCUT2D eigenvalue weighted by Gasteiger charge is 2.24. The fraction of sp³-hybridized carbons (Fsp3) is 0.556. The van der Waals surface area contributed by atoms with Gasteiger partial charge in [0.05, 0.1) is 13.2 Å². The first kappa shape index (κ1) is 25.1. The smallest absolute Gasteiger partial charge is 0.341 e. The van der Waals surface area contributed by atoms with Crippen LogP contribution in [0.5, 0.6) is 0 Å². The van der Waals surface area contributed by atoms with Crippen molar-refractivity contribution in [1.82, 2.24) is 15.1 Å². The summed E-state index contributed by atoms with van der Waals surface area (Å²) in [4.78, 5) is 23.6. The molecule has 0 amide bonds. The first-order chi connectivity index (χ1) is 14.2. The van der Waals surface area contributed by atoms with Crippen molar-refractivity contribution < 1.29 is 36.6 Å². The lowest BCUT2D eigenvalue weighted by Gasteiger charge is -2.09. The summed E-state index contributed by atoms with van der Waals surface area (Å²) in [6.45, 7) is 0.000423. The van der Waals surface area contributed by atoms with Crippen molar-refractivity contribution in [2.24, 2.45) is 7.05 Å². The third kappa shape index (κ3) is 7.84. The predicted octanol–water partition coefficient (Wildman–Crippen LogP) is 3.01. The SMILES string of the molecule is CN/C=C(\C(=N)C(F)F)C(=O)OCCCCCCOC(=O)c1cn(C)nc1C(F)F. The number of carbonyl (C=O) groups excluding carboxylic acids is 2. The molecule has 0 aliphatic rings. The van der Waals surface area contributed by atoms with Gasteiger partial charge in [-0.15, -0.1) is 0 Å². The van der Waals surface area contributed by atoms with E-state index >= 15 is 0 Å². The number of rotatable bonds is 13. The zero-order valence-electron chi connectivity index (χ0n) is 16.6. The summed E-state index contributed by atoms with van der Waals surface area (Å²) in [6.07, 6.45) is -1.73. The minimum Gasteiger partial charge on any atom is -0.462 e. The second-order valence-electron chi connectivity index (χ2n) is 6.15. The Bertz CT molecular complexity index is 765. The van der Waals surface area contributed by atoms with E-state index in [4.69, 9.17) is 14.9 Å². The quantitative estimate of drug-likeness (QED) is 0.162. The molecule has 0 radical (unpaired) electrons. The molecule has 0 fully saturated rings. The minimum absolute atomic E-state index is 0.0242. The molecule has 0 bridgehead atoms. The van der Waals surface area contributed by atoms with Gasteiger partial charge in [0.15, 0.2) is 0 Å². The first-order valence-corrected chi connectivity index (χ1v) is 9.09. The Morgan fingerprint density at radius 3 is 2.30 bits per heavy atom. The molecule has 0 saturated carbocycles. The number of ether oxygens (including phenoxy) is 2. The summed E-state index contributed by atoms with van der Waals surface area (Å²) in [6, 6.07) is 0. The molecule has 0 unspecified atom stereocenters. The first-order valence-electron chi connectivity index (χ1n) is 9.09. The molecule has 168 valence electrons. The normalized spacial score (nSPS) is 11.7. The molecule has 0 spiro atoms. The van der Waals surface area contributed by atoms with Crippen LogP contribution in [0.3, 0.4) is 0 Å². The fourth-order valence-electron chi connectivity index (χ4n) is 2.38. The molecular formula is C18H24F4N4O4. The number of unbranched alkanes of at least 4 members (excludes halogenated alkanes) is 3. The Morgan fingerprint density at radius 2 is 1.77 bits per heavy atom. The lowest BCUT2D eigenvalue weighted by Crippen LogP contribution is -2.23. The largest absolute Gasteiger partial charge is 0.462 e. The van der Waals surface area contributed by atoms with E-state index in [-0.39, 0.29) is 18.8 Å². The van der Waals surface area contributed by atoms with Gasteiger partial charge in [-0.25, -0.2) is 27.2 Å². The van der Waals surface area contributed by atoms with Crippen LogP contribution in [0.2, 0.25) is 0 Å². The second kappa shape index (κ2) is 12.6. The summed E-state index contributed by atoms with van der Waals surface area (Å²) in [5, 5.41) is 13.2. The Kier molecular flexibility index (Phi) is 10.6. The molecule has 1 aromatic heterocycles. The Labute approximate surface area is 170 Å². The van der Waals surface area contributed by atoms with Gasteiger partial charge in [0.1, 0.15) is 22.5 Å². The van der Waals surface area contributed by atoms with Crippen LogP contribution in [0.1, 0.15) is 48.2 Å². The van der Waals surface area contributed by atoms with Crippen molar-refractivity contribution in [3.8, 4) is 0 Å². The van der Waals surface area contributed by atoms with E-state index in [1.807, 2.05) is 0 Å². The molecule has 1 heterocycles. The lowest BCUT2D eigenvalue weighted by molar-refractivity contribution is -0.138. The minimum atomic E-state index is -3.09. The zero-order chi connectivity index (χ0) is 22.7. The molecular weight excluding hydrogens is 412 g/mol. The van der Waals surface area contributed by atoms with Crippen molar-refractivity contribution in [3.63, 3.8) is 0 Å². The van der Waals surface area contributed by atoms with Crippen molar-refractivity contribution in [1.29, 1.82) is 5.41 Å². The van der Waals surface area contributed by atoms with Gasteiger partial charge in [-0.1, -0.05) is 0 Å². The second-order valence-corrected chi connectivity index (χ2v) is 6.15. The van der Waals surface area contributed by atoms with Gasteiger partial charge in [-0.05, 0) is 25.7 Å². The van der Waals surface area contributed by atoms with Gasteiger partial charge < -0.3 is 14.8 Å². The highest BCUT2D eigenvalue weighted by atomic mass is 19.3. The number of halogens is 4. The van der Waals surface area contributed by atoms with Gasteiger partial charge in [0.2, 0.25) is 0 Å². The monoisotopic (exact) mass is 436 g/mol. The Balaban J connectivity index is 2.26. The van der Waals surface area contributed by atoms with Crippen molar-refractivity contribution in [3.05, 3.63) is 29.2 Å². The molecule has 0 aliphatic carbocycles. The average molecular weight is 436 g/mol. The number of nitrogens with one attached hydrogen (secondary N) is 2. The van der Waals surface area contributed by atoms with Crippen molar-refractivity contribution in [2.45, 2.75) is 38.5 Å². The third-order valence-electron chi connectivity index (χ3n) is 3.81. The molecule has 2 N–H and O–H groups in total. The van der Waals surface area contributed by atoms with Gasteiger partial charge >= 0.3 is 11.9 Å². The maximum absolute atomic E-state index is 12.8. The molecule has 30 heavy (non-hydrogen) atoms. The zero-order valence-corrected chi connectivity index (χ0v) is 16.6. The van der Waals surface area contributed by atoms with Crippen molar-refractivity contribution >= 4 is 17.7 Å². The van der Waals surface area contributed by atoms with Crippen LogP contribution in [-0.4, -0.2) is 54.1 Å². The third-order valence-corrected chi connectivity index (χ3v) is 3.81. The summed E-state index contributed by atoms with van der Waals surface area (Å²) in [7, 11) is 2.82. The molecule has 1 aromatic rings. The summed E-state index contributed by atoms with van der Waals surface area (Å²) in [5.74, 6) is -1.90. The predicted molar refractivity (Wildman–Crippen MR) is 98.7 cm³/mol. The number of alkyl halides is 4. The highest BCUT2D eigenvalue weighted by molar-refractivity contribution is 6.19. The van der Waals surface area contributed by atoms with Crippen LogP contribution in [-0.2, 0) is 21.3 Å². The summed E-state index contributed by atoms with van der Waals surface area (Å²) >= 11 is 0. The van der Waals surface area contributed by atoms with E-state index in [2.05, 4.69) is 10.4 Å². The van der Waals surface area contributed by atoms with E-state index in [0.717, 1.165) is 10.9 Å². The van der Waals surface area contributed by atoms with Crippen LogP contribution >= 0.6 is 0 Å². The standard InChI is InChI=1S/C18H24F4N4O4/c1-24-9-11(13(23)15(19)20)17(27)29-7-5-3-4-6-8-30-18(28)12-10-26(2)25-14(12)16(21)22/h9-10,15-16,23-24H,3-8H2,1-2H3/b11-9+,23-13?. The maximum atomic E-state index is 12.8. The number of esters is 2. The average Bonchev–Trinajstić information content (AvgIpc) is 3.09. The number of hydrogen-bond acceptors (Lipinski definition) is 7. The molecule has 0 aliphatic heterocycles. The molecule has 1 rings (SSSR count). The van der Waals surface area contributed by atoms with Gasteiger partial charge in [0, 0.05) is 26.5 Å². The van der Waals surface area contributed by atoms with Crippen LogP contribution in [0.4, 0.5) is 17.6 Å². The van der Waals surface area contributed by atoms with E-state index in [1.54, 1.807) is 0 Å². The summed E-state index contributed by atoms with van der Waals surface area (Å²) < 4.78 is 61.7. The van der Waals surface area contributed by atoms with Crippen LogP contribution in [0, 0.1) is 5.41 Å². The molecule has 8 nitrogen and oxygen atoms in total. The summed E-state index contributed by atoms with van der Waals surface area (Å²) in [5.41, 5.74) is -2.58. The number of hydrogen-bond donors (Lipinski definition) is 2. The Hall–Kier alpha value is -2.92. The van der Waals surface area contributed by atoms with E-state index in [9.17, 15) is 27.2 Å². The van der Waals surface area contributed by atoms with E-state index < -0.39 is 41.8 Å². The van der Waals surface area contributed by atoms with Crippen molar-refractivity contribution in [2.75, 3.05) is 20.3 Å². The molecule has 0 saturated heterocycles. The van der Waals surface area contributed by atoms with Crippen LogP contribution in [0.15, 0.2) is 18.0 Å². The molecule has 12 heteroatoms. The number of carbonyl (C=O) groups is 2. The lowest BCUT2D eigenvalue weighted by atomic mass is 10.1. The van der Waals surface area contributed by atoms with Crippen LogP contribution in [0.25, 0.3) is 0 Å². The number of aryl methyl sites for hydroxylation is 1. The topological polar surface area (TPSA) is 106 Å². The number of nitrogens with zero attached hydrogens (tertiary/aromatic N) is 2. The van der Waals surface area contributed by atoms with E-state index in [0.29, 0.717) is 25.7 Å². The highest BCUT2D eigenvalue weighted by Crippen LogP contribution is 2.21. The maximum Gasteiger partial charge on any atom is 0.341 e. The van der Waals surface area contributed by atoms with E-state index in [1.165, 1.54) is 20.3 Å². The fourth-order valence-corrected chi connectivity index (χ4v) is 2.38.